The van der Waals surface area contributed by atoms with E-state index < -0.39 is 12.3 Å². The third-order valence-electron chi connectivity index (χ3n) is 6.35. The molecular formula is C27H33ClF3N3O4. The summed E-state index contributed by atoms with van der Waals surface area (Å²) in [6, 6.07) is 12.1. The van der Waals surface area contributed by atoms with E-state index in [1.54, 1.807) is 29.2 Å². The molecule has 2 aromatic rings. The number of rotatable bonds is 11. The maximum absolute atomic E-state index is 13.5. The summed E-state index contributed by atoms with van der Waals surface area (Å²) in [5, 5.41) is 6.80. The Bertz CT molecular complexity index is 1040. The summed E-state index contributed by atoms with van der Waals surface area (Å²) in [6.07, 6.45) is -4.20. The number of nitrogens with one attached hydrogen (secondary N) is 2. The Hall–Kier alpha value is -2.98. The molecule has 1 aliphatic heterocycles. The smallest absolute Gasteiger partial charge is 0.406 e. The first-order valence-electron chi connectivity index (χ1n) is 12.5. The molecule has 1 saturated heterocycles. The van der Waals surface area contributed by atoms with Gasteiger partial charge in [0.25, 0.3) is 0 Å². The predicted octanol–water partition coefficient (Wildman–Crippen LogP) is 5.21. The van der Waals surface area contributed by atoms with Crippen LogP contribution in [0.3, 0.4) is 0 Å². The quantitative estimate of drug-likeness (QED) is 0.398. The van der Waals surface area contributed by atoms with Gasteiger partial charge in [-0.2, -0.15) is 0 Å². The highest BCUT2D eigenvalue weighted by Crippen LogP contribution is 2.26. The molecule has 0 bridgehead atoms. The van der Waals surface area contributed by atoms with Gasteiger partial charge in [-0.3, -0.25) is 9.59 Å². The molecule has 0 radical (unpaired) electrons. The molecule has 11 heteroatoms. The molecule has 7 nitrogen and oxygen atoms in total. The summed E-state index contributed by atoms with van der Waals surface area (Å²) >= 11 is 6.05. The molecule has 38 heavy (non-hydrogen) atoms. The van der Waals surface area contributed by atoms with Gasteiger partial charge >= 0.3 is 6.36 Å². The van der Waals surface area contributed by atoms with E-state index in [1.165, 1.54) is 24.3 Å². The fraction of sp³-hybridized carbons (Fsp3) is 0.481. The summed E-state index contributed by atoms with van der Waals surface area (Å²) in [7, 11) is 0. The van der Waals surface area contributed by atoms with Crippen LogP contribution in [0.2, 0.25) is 5.02 Å². The number of amides is 2. The van der Waals surface area contributed by atoms with E-state index in [4.69, 9.17) is 16.3 Å². The zero-order valence-electron chi connectivity index (χ0n) is 21.4. The molecule has 2 N–H and O–H groups in total. The molecule has 2 atom stereocenters. The highest BCUT2D eigenvalue weighted by atomic mass is 35.5. The molecule has 2 aromatic carbocycles. The van der Waals surface area contributed by atoms with Crippen molar-refractivity contribution in [2.45, 2.75) is 45.0 Å². The van der Waals surface area contributed by atoms with Gasteiger partial charge in [0, 0.05) is 42.8 Å². The summed E-state index contributed by atoms with van der Waals surface area (Å²) < 4.78 is 46.4. The first-order valence-corrected chi connectivity index (χ1v) is 12.9. The molecule has 1 fully saturated rings. The Balaban J connectivity index is 1.64. The second kappa shape index (κ2) is 13.7. The average Bonchev–Trinajstić information content (AvgIpc) is 2.88. The van der Waals surface area contributed by atoms with E-state index >= 15 is 0 Å². The van der Waals surface area contributed by atoms with Crippen LogP contribution >= 0.6 is 11.6 Å². The highest BCUT2D eigenvalue weighted by Gasteiger charge is 2.31. The van der Waals surface area contributed by atoms with Crippen LogP contribution in [-0.2, 0) is 14.3 Å². The molecule has 208 valence electrons. The largest absolute Gasteiger partial charge is 0.573 e. The molecule has 0 saturated carbocycles. The van der Waals surface area contributed by atoms with Crippen LogP contribution in [0.4, 0.5) is 18.9 Å². The summed E-state index contributed by atoms with van der Waals surface area (Å²) in [4.78, 5) is 28.0. The van der Waals surface area contributed by atoms with Crippen molar-refractivity contribution in [3.05, 3.63) is 59.1 Å². The van der Waals surface area contributed by atoms with Crippen molar-refractivity contribution in [2.75, 3.05) is 38.2 Å². The van der Waals surface area contributed by atoms with Gasteiger partial charge in [0.15, 0.2) is 0 Å². The number of anilines is 1. The number of carbonyl (C=O) groups excluding carboxylic acids is 2. The Morgan fingerprint density at radius 1 is 1.05 bits per heavy atom. The van der Waals surface area contributed by atoms with Crippen LogP contribution in [0.15, 0.2) is 48.5 Å². The Labute approximate surface area is 225 Å². The number of alkyl halides is 3. The van der Waals surface area contributed by atoms with Crippen LogP contribution in [0, 0.1) is 5.92 Å². The van der Waals surface area contributed by atoms with Gasteiger partial charge in [0.1, 0.15) is 5.75 Å². The molecule has 0 spiro atoms. The van der Waals surface area contributed by atoms with Gasteiger partial charge in [-0.15, -0.1) is 13.2 Å². The number of nitrogens with zero attached hydrogens (tertiary/aromatic N) is 1. The predicted molar refractivity (Wildman–Crippen MR) is 139 cm³/mol. The van der Waals surface area contributed by atoms with E-state index in [-0.39, 0.29) is 35.9 Å². The number of benzene rings is 2. The van der Waals surface area contributed by atoms with Crippen LogP contribution in [0.5, 0.6) is 5.75 Å². The number of morpholine rings is 1. The number of ether oxygens (including phenoxy) is 2. The van der Waals surface area contributed by atoms with Crippen molar-refractivity contribution in [2.24, 2.45) is 5.92 Å². The summed E-state index contributed by atoms with van der Waals surface area (Å²) in [6.45, 7) is 6.38. The van der Waals surface area contributed by atoms with Crippen LogP contribution in [0.25, 0.3) is 0 Å². The average molecular weight is 556 g/mol. The van der Waals surface area contributed by atoms with Crippen LogP contribution in [-0.4, -0.2) is 62.0 Å². The minimum Gasteiger partial charge on any atom is -0.406 e. The number of hydrogen-bond acceptors (Lipinski definition) is 5. The fourth-order valence-corrected chi connectivity index (χ4v) is 4.25. The van der Waals surface area contributed by atoms with Crippen LogP contribution in [0.1, 0.15) is 38.2 Å². The standard InChI is InChI=1S/C27H33ClF3N3O4/c1-18(2)24(17-32-21-7-9-22(10-8-21)38-27(29,30)31)33-26(36)23(19-3-5-20(28)6-4-19)11-12-25(35)34-13-15-37-16-14-34/h3-10,18,23-24,32H,11-17H2,1-2H3,(H,33,36)/t23-,24?/m1/s1. The minimum absolute atomic E-state index is 0.0138. The molecule has 2 amide bonds. The van der Waals surface area contributed by atoms with E-state index in [0.717, 1.165) is 5.56 Å². The van der Waals surface area contributed by atoms with Gasteiger partial charge in [-0.1, -0.05) is 37.6 Å². The monoisotopic (exact) mass is 555 g/mol. The third kappa shape index (κ3) is 9.40. The fourth-order valence-electron chi connectivity index (χ4n) is 4.12. The van der Waals surface area contributed by atoms with Gasteiger partial charge < -0.3 is 25.0 Å². The lowest BCUT2D eigenvalue weighted by atomic mass is 9.92. The second-order valence-electron chi connectivity index (χ2n) is 9.45. The van der Waals surface area contributed by atoms with E-state index in [9.17, 15) is 22.8 Å². The van der Waals surface area contributed by atoms with Crippen molar-refractivity contribution in [1.29, 1.82) is 0 Å². The summed E-state index contributed by atoms with van der Waals surface area (Å²) in [5.74, 6) is -1.04. The SMILES string of the molecule is CC(C)C(CNc1ccc(OC(F)(F)F)cc1)NC(=O)[C@H](CCC(=O)N1CCOCC1)c1ccc(Cl)cc1. The number of hydrogen-bond donors (Lipinski definition) is 2. The molecule has 0 aliphatic carbocycles. The molecule has 1 unspecified atom stereocenters. The van der Waals surface area contributed by atoms with Crippen molar-refractivity contribution < 1.29 is 32.2 Å². The van der Waals surface area contributed by atoms with Gasteiger partial charge in [0.2, 0.25) is 11.8 Å². The van der Waals surface area contributed by atoms with Gasteiger partial charge in [-0.25, -0.2) is 0 Å². The highest BCUT2D eigenvalue weighted by molar-refractivity contribution is 6.30. The third-order valence-corrected chi connectivity index (χ3v) is 6.60. The minimum atomic E-state index is -4.75. The summed E-state index contributed by atoms with van der Waals surface area (Å²) in [5.41, 5.74) is 1.35. The molecular weight excluding hydrogens is 523 g/mol. The molecule has 1 heterocycles. The number of halogens is 4. The first-order chi connectivity index (χ1) is 18.0. The van der Waals surface area contributed by atoms with E-state index in [0.29, 0.717) is 50.0 Å². The van der Waals surface area contributed by atoms with Crippen molar-refractivity contribution in [3.63, 3.8) is 0 Å². The number of carbonyl (C=O) groups is 2. The topological polar surface area (TPSA) is 79.9 Å². The lowest BCUT2D eigenvalue weighted by molar-refractivity contribution is -0.274. The maximum Gasteiger partial charge on any atom is 0.573 e. The van der Waals surface area contributed by atoms with Crippen LogP contribution < -0.4 is 15.4 Å². The normalized spacial score (nSPS) is 15.6. The zero-order valence-corrected chi connectivity index (χ0v) is 22.1. The lowest BCUT2D eigenvalue weighted by Crippen LogP contribution is -2.45. The van der Waals surface area contributed by atoms with Gasteiger partial charge in [0.05, 0.1) is 19.1 Å². The second-order valence-corrected chi connectivity index (χ2v) is 9.88. The molecule has 3 rings (SSSR count). The Morgan fingerprint density at radius 2 is 1.68 bits per heavy atom. The zero-order chi connectivity index (χ0) is 27.7. The Morgan fingerprint density at radius 3 is 2.26 bits per heavy atom. The van der Waals surface area contributed by atoms with E-state index in [1.807, 2.05) is 13.8 Å². The van der Waals surface area contributed by atoms with Crippen molar-refractivity contribution in [3.8, 4) is 5.75 Å². The molecule has 1 aliphatic rings. The van der Waals surface area contributed by atoms with E-state index in [2.05, 4.69) is 15.4 Å². The maximum atomic E-state index is 13.5. The lowest BCUT2D eigenvalue weighted by Gasteiger charge is -2.28. The first kappa shape index (κ1) is 29.6. The van der Waals surface area contributed by atoms with Gasteiger partial charge in [-0.05, 0) is 54.3 Å². The Kier molecular flexibility index (Phi) is 10.7. The van der Waals surface area contributed by atoms with Crippen molar-refractivity contribution in [1.82, 2.24) is 10.2 Å². The molecule has 0 aromatic heterocycles. The van der Waals surface area contributed by atoms with Crippen molar-refractivity contribution >= 4 is 29.1 Å².